The summed E-state index contributed by atoms with van der Waals surface area (Å²) in [6.07, 6.45) is 1.54. The van der Waals surface area contributed by atoms with Gasteiger partial charge in [0.05, 0.1) is 17.2 Å². The Bertz CT molecular complexity index is 701. The third-order valence-corrected chi connectivity index (χ3v) is 5.81. The zero-order valence-electron chi connectivity index (χ0n) is 17.0. The number of thioether (sulfide) groups is 1. The normalized spacial score (nSPS) is 22.9. The third-order valence-electron chi connectivity index (χ3n) is 4.74. The van der Waals surface area contributed by atoms with E-state index in [1.54, 1.807) is 18.0 Å². The van der Waals surface area contributed by atoms with Crippen LogP contribution < -0.4 is 0 Å². The quantitative estimate of drug-likeness (QED) is 0.574. The number of amides is 1. The lowest BCUT2D eigenvalue weighted by molar-refractivity contribution is -0.169. The van der Waals surface area contributed by atoms with Crippen molar-refractivity contribution < 1.29 is 19.4 Å². The molecule has 27 heavy (non-hydrogen) atoms. The van der Waals surface area contributed by atoms with Crippen molar-refractivity contribution in [3.8, 4) is 0 Å². The van der Waals surface area contributed by atoms with Crippen LogP contribution in [0, 0.1) is 5.41 Å². The summed E-state index contributed by atoms with van der Waals surface area (Å²) < 4.78 is 5.72. The molecule has 1 saturated heterocycles. The number of carbonyl (C=O) groups excluding carboxylic acids is 1. The van der Waals surface area contributed by atoms with Gasteiger partial charge in [-0.2, -0.15) is 0 Å². The van der Waals surface area contributed by atoms with Crippen LogP contribution in [0.4, 0.5) is 4.79 Å². The number of esters is 1. The van der Waals surface area contributed by atoms with Crippen LogP contribution in [-0.2, 0) is 9.53 Å². The second-order valence-electron chi connectivity index (χ2n) is 8.19. The summed E-state index contributed by atoms with van der Waals surface area (Å²) >= 11 is 1.63. The Morgan fingerprint density at radius 2 is 2.11 bits per heavy atom. The van der Waals surface area contributed by atoms with E-state index in [1.807, 2.05) is 39.8 Å². The summed E-state index contributed by atoms with van der Waals surface area (Å²) in [5.41, 5.74) is -0.935. The van der Waals surface area contributed by atoms with Gasteiger partial charge in [-0.1, -0.05) is 20.8 Å². The second kappa shape index (κ2) is 8.09. The molecule has 0 spiro atoms. The highest BCUT2D eigenvalue weighted by atomic mass is 32.2. The predicted molar refractivity (Wildman–Crippen MR) is 106 cm³/mol. The van der Waals surface area contributed by atoms with Gasteiger partial charge in [0.15, 0.2) is 0 Å². The van der Waals surface area contributed by atoms with Gasteiger partial charge in [-0.05, 0) is 45.7 Å². The lowest BCUT2D eigenvalue weighted by Gasteiger charge is -2.37. The van der Waals surface area contributed by atoms with Crippen LogP contribution >= 0.6 is 11.8 Å². The van der Waals surface area contributed by atoms with Crippen molar-refractivity contribution >= 4 is 23.8 Å². The van der Waals surface area contributed by atoms with Gasteiger partial charge in [0.2, 0.25) is 0 Å². The standard InChI is InChI=1S/C20H30N2O4S/c1-7-20(17(23)26-19(4,5)6)10-12-22(18(24)25)16(20)15-14(27-13(2)3)9-8-11-21-15/h8-9,11,13,16H,7,10,12H2,1-6H3,(H,24,25). The molecule has 1 N–H and O–H groups in total. The van der Waals surface area contributed by atoms with Crippen molar-refractivity contribution in [3.63, 3.8) is 0 Å². The van der Waals surface area contributed by atoms with Crippen LogP contribution in [0.3, 0.4) is 0 Å². The number of hydrogen-bond acceptors (Lipinski definition) is 5. The Hall–Kier alpha value is -1.76. The van der Waals surface area contributed by atoms with E-state index in [9.17, 15) is 14.7 Å². The van der Waals surface area contributed by atoms with Crippen LogP contribution in [0.15, 0.2) is 23.2 Å². The van der Waals surface area contributed by atoms with E-state index in [-0.39, 0.29) is 12.5 Å². The third kappa shape index (κ3) is 4.57. The minimum atomic E-state index is -1.04. The first-order valence-electron chi connectivity index (χ1n) is 9.36. The van der Waals surface area contributed by atoms with Crippen LogP contribution in [-0.4, -0.2) is 44.4 Å². The molecule has 1 amide bonds. The Labute approximate surface area is 165 Å². The van der Waals surface area contributed by atoms with Gasteiger partial charge in [-0.15, -0.1) is 11.8 Å². The number of rotatable bonds is 5. The van der Waals surface area contributed by atoms with Crippen molar-refractivity contribution in [3.05, 3.63) is 24.0 Å². The fourth-order valence-corrected chi connectivity index (χ4v) is 4.52. The first-order chi connectivity index (χ1) is 12.5. The molecule has 2 atom stereocenters. The molecule has 1 aliphatic rings. The fourth-order valence-electron chi connectivity index (χ4n) is 3.57. The Morgan fingerprint density at radius 1 is 1.44 bits per heavy atom. The van der Waals surface area contributed by atoms with Crippen molar-refractivity contribution in [2.24, 2.45) is 5.41 Å². The van der Waals surface area contributed by atoms with Gasteiger partial charge in [0.1, 0.15) is 5.60 Å². The molecular formula is C20H30N2O4S. The molecule has 2 heterocycles. The summed E-state index contributed by atoms with van der Waals surface area (Å²) in [6.45, 7) is 11.8. The predicted octanol–water partition coefficient (Wildman–Crippen LogP) is 4.75. The lowest BCUT2D eigenvalue weighted by atomic mass is 9.76. The van der Waals surface area contributed by atoms with E-state index in [2.05, 4.69) is 18.8 Å². The summed E-state index contributed by atoms with van der Waals surface area (Å²) in [5.74, 6) is -0.350. The summed E-state index contributed by atoms with van der Waals surface area (Å²) in [6, 6.07) is 3.13. The van der Waals surface area contributed by atoms with Gasteiger partial charge >= 0.3 is 12.1 Å². The molecule has 1 aliphatic heterocycles. The second-order valence-corrected chi connectivity index (χ2v) is 9.81. The van der Waals surface area contributed by atoms with Gasteiger partial charge in [0, 0.05) is 22.9 Å². The molecule has 6 nitrogen and oxygen atoms in total. The molecule has 2 unspecified atom stereocenters. The average molecular weight is 395 g/mol. The maximum Gasteiger partial charge on any atom is 0.407 e. The first-order valence-corrected chi connectivity index (χ1v) is 10.2. The summed E-state index contributed by atoms with van der Waals surface area (Å²) in [7, 11) is 0. The van der Waals surface area contributed by atoms with E-state index >= 15 is 0 Å². The molecular weight excluding hydrogens is 364 g/mol. The summed E-state index contributed by atoms with van der Waals surface area (Å²) in [4.78, 5) is 32.0. The molecule has 1 fully saturated rings. The fraction of sp³-hybridized carbons (Fsp3) is 0.650. The highest BCUT2D eigenvalue weighted by Crippen LogP contribution is 2.52. The van der Waals surface area contributed by atoms with Crippen molar-refractivity contribution in [1.82, 2.24) is 9.88 Å². The number of nitrogens with zero attached hydrogens (tertiary/aromatic N) is 2. The van der Waals surface area contributed by atoms with Crippen molar-refractivity contribution in [2.45, 2.75) is 76.2 Å². The topological polar surface area (TPSA) is 79.7 Å². The smallest absolute Gasteiger partial charge is 0.407 e. The number of ether oxygens (including phenoxy) is 1. The number of aromatic nitrogens is 1. The van der Waals surface area contributed by atoms with E-state index in [4.69, 9.17) is 4.74 Å². The van der Waals surface area contributed by atoms with Gasteiger partial charge < -0.3 is 9.84 Å². The highest BCUT2D eigenvalue weighted by molar-refractivity contribution is 8.00. The Kier molecular flexibility index (Phi) is 6.45. The van der Waals surface area contributed by atoms with Gasteiger partial charge in [0.25, 0.3) is 0 Å². The van der Waals surface area contributed by atoms with Crippen LogP contribution in [0.1, 0.15) is 66.1 Å². The van der Waals surface area contributed by atoms with Crippen LogP contribution in [0.2, 0.25) is 0 Å². The minimum Gasteiger partial charge on any atom is -0.465 e. The number of likely N-dealkylation sites (tertiary alicyclic amines) is 1. The number of carboxylic acid groups (broad SMARTS) is 1. The first kappa shape index (κ1) is 21.5. The SMILES string of the molecule is CCC1(C(=O)OC(C)(C)C)CCN(C(=O)O)C1c1ncccc1SC(C)C. The highest BCUT2D eigenvalue weighted by Gasteiger charge is 2.56. The summed E-state index contributed by atoms with van der Waals surface area (Å²) in [5, 5.41) is 10.1. The van der Waals surface area contributed by atoms with E-state index in [0.717, 1.165) is 4.90 Å². The molecule has 7 heteroatoms. The molecule has 1 aromatic rings. The molecule has 0 saturated carbocycles. The Balaban J connectivity index is 2.59. The molecule has 0 aromatic carbocycles. The zero-order valence-corrected chi connectivity index (χ0v) is 17.8. The van der Waals surface area contributed by atoms with E-state index in [1.165, 1.54) is 4.90 Å². The molecule has 1 aromatic heterocycles. The van der Waals surface area contributed by atoms with Crippen LogP contribution in [0.25, 0.3) is 0 Å². The molecule has 150 valence electrons. The number of carbonyl (C=O) groups is 2. The molecule has 0 radical (unpaired) electrons. The van der Waals surface area contributed by atoms with Crippen molar-refractivity contribution in [1.29, 1.82) is 0 Å². The van der Waals surface area contributed by atoms with Crippen molar-refractivity contribution in [2.75, 3.05) is 6.54 Å². The van der Waals surface area contributed by atoms with Crippen LogP contribution in [0.5, 0.6) is 0 Å². The van der Waals surface area contributed by atoms with Gasteiger partial charge in [-0.3, -0.25) is 14.7 Å². The van der Waals surface area contributed by atoms with Gasteiger partial charge in [-0.25, -0.2) is 4.79 Å². The maximum absolute atomic E-state index is 13.2. The molecule has 0 aliphatic carbocycles. The average Bonchev–Trinajstić information content (AvgIpc) is 2.94. The maximum atomic E-state index is 13.2. The molecule has 0 bridgehead atoms. The Morgan fingerprint density at radius 3 is 2.63 bits per heavy atom. The monoisotopic (exact) mass is 394 g/mol. The number of hydrogen-bond donors (Lipinski definition) is 1. The van der Waals surface area contributed by atoms with E-state index < -0.39 is 23.2 Å². The lowest BCUT2D eigenvalue weighted by Crippen LogP contribution is -2.43. The molecule has 2 rings (SSSR count). The zero-order chi connectivity index (χ0) is 20.4. The largest absolute Gasteiger partial charge is 0.465 e. The minimum absolute atomic E-state index is 0.287. The number of pyridine rings is 1. The van der Waals surface area contributed by atoms with E-state index in [0.29, 0.717) is 23.8 Å².